The Morgan fingerprint density at radius 1 is 1.09 bits per heavy atom. The summed E-state index contributed by atoms with van der Waals surface area (Å²) < 4.78 is 19.9. The number of nitrogens with zero attached hydrogens (tertiary/aromatic N) is 1. The normalized spacial score (nSPS) is 20.8. The second kappa shape index (κ2) is 4.98. The van der Waals surface area contributed by atoms with Gasteiger partial charge in [-0.1, -0.05) is 13.8 Å². The molecule has 0 unspecified atom stereocenters. The summed E-state index contributed by atoms with van der Waals surface area (Å²) in [6.07, 6.45) is 3.69. The van der Waals surface area contributed by atoms with Gasteiger partial charge in [0.1, 0.15) is 0 Å². The van der Waals surface area contributed by atoms with Crippen LogP contribution in [0.2, 0.25) is 0 Å². The fourth-order valence-electron chi connectivity index (χ4n) is 1.03. The van der Waals surface area contributed by atoms with Crippen molar-refractivity contribution in [3.63, 3.8) is 0 Å². The van der Waals surface area contributed by atoms with E-state index in [4.69, 9.17) is 9.11 Å². The molecule has 0 aromatic rings. The largest absolute Gasteiger partial charge is 0.286 e. The Morgan fingerprint density at radius 3 is 1.64 bits per heavy atom. The van der Waals surface area contributed by atoms with Crippen LogP contribution in [0.15, 0.2) is 0 Å². The van der Waals surface area contributed by atoms with Gasteiger partial charge in [-0.2, -0.15) is 0 Å². The van der Waals surface area contributed by atoms with E-state index < -0.39 is 10.8 Å². The predicted molar refractivity (Wildman–Crippen MR) is 50.9 cm³/mol. The lowest BCUT2D eigenvalue weighted by atomic mass is 10.4. The van der Waals surface area contributed by atoms with E-state index in [0.29, 0.717) is 0 Å². The van der Waals surface area contributed by atoms with Gasteiger partial charge in [0.2, 0.25) is 0 Å². The molecule has 0 radical (unpaired) electrons. The molecule has 70 valence electrons. The highest BCUT2D eigenvalue weighted by atomic mass is 32.3. The van der Waals surface area contributed by atoms with Crippen LogP contribution >= 0.6 is 10.8 Å². The SMILES string of the molecule is CC.CS(O)(O)N1CCCC1. The predicted octanol–water partition coefficient (Wildman–Crippen LogP) is 2.40. The standard InChI is InChI=1S/C5H13NO2S.C2H6/c1-9(7,8)6-4-2-3-5-6;1-2/h7-8H,2-5H2,1H3;1-2H3. The zero-order chi connectivity index (χ0) is 8.91. The topological polar surface area (TPSA) is 43.7 Å². The Morgan fingerprint density at radius 2 is 1.45 bits per heavy atom. The summed E-state index contributed by atoms with van der Waals surface area (Å²) in [6, 6.07) is 0. The second-order valence-corrected chi connectivity index (χ2v) is 4.53. The van der Waals surface area contributed by atoms with E-state index in [1.165, 1.54) is 6.26 Å². The molecule has 0 amide bonds. The van der Waals surface area contributed by atoms with Crippen LogP contribution in [0, 0.1) is 0 Å². The number of rotatable bonds is 1. The van der Waals surface area contributed by atoms with Gasteiger partial charge in [0, 0.05) is 19.3 Å². The van der Waals surface area contributed by atoms with Crippen molar-refractivity contribution in [2.24, 2.45) is 0 Å². The van der Waals surface area contributed by atoms with E-state index in [0.717, 1.165) is 25.9 Å². The van der Waals surface area contributed by atoms with Gasteiger partial charge in [0.05, 0.1) is 0 Å². The molecule has 0 bridgehead atoms. The Kier molecular flexibility index (Phi) is 5.08. The molecule has 1 aliphatic rings. The van der Waals surface area contributed by atoms with Crippen molar-refractivity contribution in [3.8, 4) is 0 Å². The fraction of sp³-hybridized carbons (Fsp3) is 1.00. The van der Waals surface area contributed by atoms with Crippen molar-refractivity contribution in [3.05, 3.63) is 0 Å². The van der Waals surface area contributed by atoms with E-state index >= 15 is 0 Å². The molecule has 1 aliphatic heterocycles. The molecular formula is C7H19NO2S. The van der Waals surface area contributed by atoms with E-state index in [-0.39, 0.29) is 0 Å². The zero-order valence-electron chi connectivity index (χ0n) is 7.58. The van der Waals surface area contributed by atoms with Gasteiger partial charge in [-0.15, -0.1) is 10.8 Å². The van der Waals surface area contributed by atoms with E-state index in [1.807, 2.05) is 13.8 Å². The summed E-state index contributed by atoms with van der Waals surface area (Å²) in [4.78, 5) is 0. The van der Waals surface area contributed by atoms with Crippen molar-refractivity contribution in [1.82, 2.24) is 4.31 Å². The third kappa shape index (κ3) is 3.96. The van der Waals surface area contributed by atoms with Gasteiger partial charge in [0.25, 0.3) is 0 Å². The van der Waals surface area contributed by atoms with E-state index in [2.05, 4.69) is 0 Å². The smallest absolute Gasteiger partial charge is 0.0418 e. The third-order valence-electron chi connectivity index (χ3n) is 1.55. The first-order valence-electron chi connectivity index (χ1n) is 4.09. The first kappa shape index (κ1) is 11.2. The highest BCUT2D eigenvalue weighted by molar-refractivity contribution is 8.21. The second-order valence-electron chi connectivity index (χ2n) is 2.43. The molecule has 3 nitrogen and oxygen atoms in total. The highest BCUT2D eigenvalue weighted by Crippen LogP contribution is 2.40. The molecule has 0 atom stereocenters. The van der Waals surface area contributed by atoms with Gasteiger partial charge in [-0.25, -0.2) is 4.31 Å². The van der Waals surface area contributed by atoms with E-state index in [9.17, 15) is 0 Å². The maximum atomic E-state index is 9.08. The summed E-state index contributed by atoms with van der Waals surface area (Å²) in [6.45, 7) is 5.69. The van der Waals surface area contributed by atoms with Crippen molar-refractivity contribution in [2.75, 3.05) is 19.3 Å². The van der Waals surface area contributed by atoms with Crippen LogP contribution in [0.1, 0.15) is 26.7 Å². The lowest BCUT2D eigenvalue weighted by molar-refractivity contribution is 0.393. The van der Waals surface area contributed by atoms with Gasteiger partial charge >= 0.3 is 0 Å². The van der Waals surface area contributed by atoms with Gasteiger partial charge in [0.15, 0.2) is 0 Å². The molecule has 2 N–H and O–H groups in total. The van der Waals surface area contributed by atoms with E-state index in [1.54, 1.807) is 4.31 Å². The molecule has 1 rings (SSSR count). The van der Waals surface area contributed by atoms with Gasteiger partial charge in [-0.3, -0.25) is 9.11 Å². The molecule has 11 heavy (non-hydrogen) atoms. The molecule has 0 spiro atoms. The molecule has 1 heterocycles. The van der Waals surface area contributed by atoms with Crippen LogP contribution in [0.25, 0.3) is 0 Å². The Balaban J connectivity index is 0.000000461. The van der Waals surface area contributed by atoms with Gasteiger partial charge < -0.3 is 0 Å². The van der Waals surface area contributed by atoms with Crippen molar-refractivity contribution in [2.45, 2.75) is 26.7 Å². The number of hydrogen-bond donors (Lipinski definition) is 2. The Hall–Kier alpha value is 0.230. The first-order valence-corrected chi connectivity index (χ1v) is 6.00. The summed E-state index contributed by atoms with van der Waals surface area (Å²) in [7, 11) is -2.37. The summed E-state index contributed by atoms with van der Waals surface area (Å²) in [5, 5.41) is 0. The first-order chi connectivity index (χ1) is 5.11. The van der Waals surface area contributed by atoms with Crippen molar-refractivity contribution in [1.29, 1.82) is 0 Å². The average Bonchev–Trinajstić information content (AvgIpc) is 2.40. The average molecular weight is 181 g/mol. The minimum absolute atomic E-state index is 0.846. The third-order valence-corrected chi connectivity index (χ3v) is 2.90. The molecule has 1 saturated heterocycles. The van der Waals surface area contributed by atoms with Crippen LogP contribution in [0.5, 0.6) is 0 Å². The van der Waals surface area contributed by atoms with Crippen LogP contribution in [-0.4, -0.2) is 32.8 Å². The zero-order valence-corrected chi connectivity index (χ0v) is 8.39. The summed E-state index contributed by atoms with van der Waals surface area (Å²) in [5.74, 6) is 0. The highest BCUT2D eigenvalue weighted by Gasteiger charge is 2.20. The lowest BCUT2D eigenvalue weighted by Gasteiger charge is -2.36. The quantitative estimate of drug-likeness (QED) is 0.653. The molecule has 0 aromatic heterocycles. The van der Waals surface area contributed by atoms with Crippen LogP contribution in [-0.2, 0) is 0 Å². The lowest BCUT2D eigenvalue weighted by Crippen LogP contribution is -2.22. The summed E-state index contributed by atoms with van der Waals surface area (Å²) >= 11 is 0. The Bertz CT molecular complexity index is 97.1. The van der Waals surface area contributed by atoms with Crippen LogP contribution in [0.3, 0.4) is 0 Å². The van der Waals surface area contributed by atoms with Gasteiger partial charge in [-0.05, 0) is 12.8 Å². The Labute approximate surface area is 70.9 Å². The molecule has 1 fully saturated rings. The maximum Gasteiger partial charge on any atom is 0.0418 e. The van der Waals surface area contributed by atoms with Crippen molar-refractivity contribution < 1.29 is 9.11 Å². The fourth-order valence-corrected chi connectivity index (χ4v) is 1.98. The minimum Gasteiger partial charge on any atom is -0.286 e. The molecule has 4 heteroatoms. The summed E-state index contributed by atoms with van der Waals surface area (Å²) in [5.41, 5.74) is 0. The molecule has 0 saturated carbocycles. The monoisotopic (exact) mass is 181 g/mol. The molecular weight excluding hydrogens is 162 g/mol. The molecule has 0 aromatic carbocycles. The maximum absolute atomic E-state index is 9.08. The molecule has 0 aliphatic carbocycles. The van der Waals surface area contributed by atoms with Crippen LogP contribution in [0.4, 0.5) is 0 Å². The van der Waals surface area contributed by atoms with Crippen LogP contribution < -0.4 is 0 Å². The van der Waals surface area contributed by atoms with Crippen molar-refractivity contribution >= 4 is 10.8 Å². The minimum atomic E-state index is -2.37. The number of hydrogen-bond acceptors (Lipinski definition) is 3.